The van der Waals surface area contributed by atoms with Crippen LogP contribution in [0.5, 0.6) is 5.75 Å². The second-order valence-electron chi connectivity index (χ2n) is 6.98. The normalized spacial score (nSPS) is 11.6. The molecule has 2 aromatic heterocycles. The number of fused-ring (bicyclic) bond motifs is 6. The number of furan rings is 2. The van der Waals surface area contributed by atoms with E-state index in [1.54, 1.807) is 6.07 Å². The Balaban J connectivity index is 1.56. The van der Waals surface area contributed by atoms with Gasteiger partial charge < -0.3 is 18.5 Å². The summed E-state index contributed by atoms with van der Waals surface area (Å²) in [4.78, 5) is 0. The van der Waals surface area contributed by atoms with E-state index in [0.717, 1.165) is 49.4 Å². The van der Waals surface area contributed by atoms with E-state index in [1.165, 1.54) is 0 Å². The zero-order valence-electron chi connectivity index (χ0n) is 15.3. The third kappa shape index (κ3) is 2.45. The van der Waals surface area contributed by atoms with E-state index in [9.17, 15) is 0 Å². The van der Waals surface area contributed by atoms with Crippen LogP contribution in [0.2, 0.25) is 0 Å². The number of hydrogen-bond donors (Lipinski definition) is 1. The Labute approximate surface area is 166 Å². The van der Waals surface area contributed by atoms with Crippen LogP contribution in [0.3, 0.4) is 0 Å². The minimum Gasteiger partial charge on any atom is -0.535 e. The van der Waals surface area contributed by atoms with Crippen molar-refractivity contribution < 1.29 is 18.5 Å². The van der Waals surface area contributed by atoms with E-state index in [-0.39, 0.29) is 0 Å². The highest BCUT2D eigenvalue weighted by molar-refractivity contribution is 6.18. The summed E-state index contributed by atoms with van der Waals surface area (Å²) in [6, 6.07) is 26.1. The molecule has 0 fully saturated rings. The molecule has 0 saturated carbocycles. The van der Waals surface area contributed by atoms with Gasteiger partial charge in [-0.05, 0) is 47.5 Å². The van der Waals surface area contributed by atoms with Crippen molar-refractivity contribution in [2.75, 3.05) is 0 Å². The standard InChI is InChI=1S/C24H14BO4/c26-25-29-23-7-3-5-17-19-13-15(9-11-22(19)28-24(17)23)14-8-10-21-18(12-14)16-4-1-2-6-20(16)27-21/h1-13,26H. The third-order valence-corrected chi connectivity index (χ3v) is 5.35. The summed E-state index contributed by atoms with van der Waals surface area (Å²) in [6.07, 6.45) is 0. The monoisotopic (exact) mass is 377 g/mol. The van der Waals surface area contributed by atoms with Gasteiger partial charge in [0.1, 0.15) is 22.5 Å². The summed E-state index contributed by atoms with van der Waals surface area (Å²) < 4.78 is 17.1. The molecule has 0 spiro atoms. The molecule has 4 nitrogen and oxygen atoms in total. The highest BCUT2D eigenvalue weighted by Crippen LogP contribution is 2.38. The topological polar surface area (TPSA) is 55.7 Å². The fourth-order valence-electron chi connectivity index (χ4n) is 4.01. The lowest BCUT2D eigenvalue weighted by atomic mass is 10.0. The molecule has 0 amide bonds. The number of hydrogen-bond acceptors (Lipinski definition) is 4. The molecule has 4 aromatic carbocycles. The van der Waals surface area contributed by atoms with Gasteiger partial charge >= 0.3 is 7.69 Å². The Morgan fingerprint density at radius 3 is 2.07 bits per heavy atom. The summed E-state index contributed by atoms with van der Waals surface area (Å²) in [5, 5.41) is 13.1. The van der Waals surface area contributed by atoms with E-state index in [1.807, 2.05) is 48.5 Å². The summed E-state index contributed by atoms with van der Waals surface area (Å²) in [6.45, 7) is 0. The SMILES string of the molecule is O[B]Oc1cccc2c1oc1ccc(-c3ccc4oc5ccccc5c4c3)cc12. The van der Waals surface area contributed by atoms with Gasteiger partial charge in [0.2, 0.25) is 0 Å². The Bertz CT molecular complexity index is 1530. The first-order valence-corrected chi connectivity index (χ1v) is 9.31. The Morgan fingerprint density at radius 2 is 1.28 bits per heavy atom. The van der Waals surface area contributed by atoms with Gasteiger partial charge in [0.05, 0.1) is 0 Å². The minimum absolute atomic E-state index is 0.481. The molecular formula is C24H14BO4. The van der Waals surface area contributed by atoms with E-state index in [4.69, 9.17) is 18.5 Å². The van der Waals surface area contributed by atoms with Crippen LogP contribution in [0.25, 0.3) is 55.0 Å². The van der Waals surface area contributed by atoms with Gasteiger partial charge in [-0.3, -0.25) is 0 Å². The van der Waals surface area contributed by atoms with Gasteiger partial charge in [-0.1, -0.05) is 42.5 Å². The molecule has 0 atom stereocenters. The fraction of sp³-hybridized carbons (Fsp3) is 0. The maximum atomic E-state index is 8.99. The first-order chi connectivity index (χ1) is 14.3. The van der Waals surface area contributed by atoms with Crippen LogP contribution in [-0.2, 0) is 0 Å². The third-order valence-electron chi connectivity index (χ3n) is 5.35. The van der Waals surface area contributed by atoms with Crippen LogP contribution < -0.4 is 4.65 Å². The smallest absolute Gasteiger partial charge is 0.535 e. The second kappa shape index (κ2) is 6.16. The zero-order chi connectivity index (χ0) is 19.4. The molecule has 1 N–H and O–H groups in total. The second-order valence-corrected chi connectivity index (χ2v) is 6.98. The van der Waals surface area contributed by atoms with Gasteiger partial charge in [0.15, 0.2) is 5.58 Å². The molecule has 0 unspecified atom stereocenters. The molecule has 6 rings (SSSR count). The van der Waals surface area contributed by atoms with E-state index in [0.29, 0.717) is 19.0 Å². The molecule has 0 bridgehead atoms. The van der Waals surface area contributed by atoms with Crippen LogP contribution in [0.15, 0.2) is 87.7 Å². The maximum Gasteiger partial charge on any atom is 0.569 e. The lowest BCUT2D eigenvalue weighted by molar-refractivity contribution is 0.451. The first-order valence-electron chi connectivity index (χ1n) is 9.31. The molecule has 2 heterocycles. The van der Waals surface area contributed by atoms with Crippen molar-refractivity contribution in [3.63, 3.8) is 0 Å². The minimum atomic E-state index is 0.481. The van der Waals surface area contributed by atoms with Gasteiger partial charge in [0.25, 0.3) is 0 Å². The number of para-hydroxylation sites is 2. The first kappa shape index (κ1) is 16.3. The van der Waals surface area contributed by atoms with Crippen molar-refractivity contribution in [2.45, 2.75) is 0 Å². The van der Waals surface area contributed by atoms with Crippen molar-refractivity contribution in [1.29, 1.82) is 0 Å². The van der Waals surface area contributed by atoms with Crippen LogP contribution in [0.4, 0.5) is 0 Å². The van der Waals surface area contributed by atoms with Crippen LogP contribution in [-0.4, -0.2) is 12.7 Å². The highest BCUT2D eigenvalue weighted by Gasteiger charge is 2.14. The predicted octanol–water partition coefficient (Wildman–Crippen LogP) is 6.06. The molecule has 29 heavy (non-hydrogen) atoms. The van der Waals surface area contributed by atoms with Crippen LogP contribution >= 0.6 is 0 Å². The molecule has 0 aliphatic rings. The average Bonchev–Trinajstić information content (AvgIpc) is 3.32. The van der Waals surface area contributed by atoms with Gasteiger partial charge in [-0.25, -0.2) is 0 Å². The van der Waals surface area contributed by atoms with Gasteiger partial charge in [-0.15, -0.1) is 0 Å². The lowest BCUT2D eigenvalue weighted by Gasteiger charge is -2.02. The van der Waals surface area contributed by atoms with Crippen molar-refractivity contribution in [2.24, 2.45) is 0 Å². The quantitative estimate of drug-likeness (QED) is 0.381. The number of rotatable bonds is 3. The van der Waals surface area contributed by atoms with Gasteiger partial charge in [0, 0.05) is 21.5 Å². The molecule has 6 aromatic rings. The van der Waals surface area contributed by atoms with E-state index < -0.39 is 0 Å². The molecular weight excluding hydrogens is 363 g/mol. The molecule has 1 radical (unpaired) electrons. The lowest BCUT2D eigenvalue weighted by Crippen LogP contribution is -1.99. The summed E-state index contributed by atoms with van der Waals surface area (Å²) >= 11 is 0. The Kier molecular flexibility index (Phi) is 3.46. The molecule has 0 saturated heterocycles. The largest absolute Gasteiger partial charge is 0.569 e. The maximum absolute atomic E-state index is 8.99. The summed E-state index contributed by atoms with van der Waals surface area (Å²) in [5.41, 5.74) is 5.36. The fourth-order valence-corrected chi connectivity index (χ4v) is 4.01. The van der Waals surface area contributed by atoms with Crippen molar-refractivity contribution in [3.05, 3.63) is 78.9 Å². The summed E-state index contributed by atoms with van der Waals surface area (Å²) in [7, 11) is 0.665. The highest BCUT2D eigenvalue weighted by atomic mass is 16.5. The average molecular weight is 377 g/mol. The Hall–Kier alpha value is -3.70. The zero-order valence-corrected chi connectivity index (χ0v) is 15.3. The van der Waals surface area contributed by atoms with Crippen molar-refractivity contribution >= 4 is 51.6 Å². The number of benzene rings is 4. The van der Waals surface area contributed by atoms with E-state index >= 15 is 0 Å². The van der Waals surface area contributed by atoms with Gasteiger partial charge in [-0.2, -0.15) is 0 Å². The molecule has 137 valence electrons. The van der Waals surface area contributed by atoms with E-state index in [2.05, 4.69) is 24.3 Å². The Morgan fingerprint density at radius 1 is 0.621 bits per heavy atom. The summed E-state index contributed by atoms with van der Waals surface area (Å²) in [5.74, 6) is 0.481. The van der Waals surface area contributed by atoms with Crippen LogP contribution in [0, 0.1) is 0 Å². The van der Waals surface area contributed by atoms with Crippen molar-refractivity contribution in [1.82, 2.24) is 0 Å². The molecule has 0 aliphatic carbocycles. The van der Waals surface area contributed by atoms with Crippen LogP contribution in [0.1, 0.15) is 0 Å². The predicted molar refractivity (Wildman–Crippen MR) is 115 cm³/mol. The van der Waals surface area contributed by atoms with Crippen molar-refractivity contribution in [3.8, 4) is 16.9 Å². The molecule has 5 heteroatoms. The molecule has 0 aliphatic heterocycles.